The van der Waals surface area contributed by atoms with Crippen molar-refractivity contribution >= 4 is 40.9 Å². The number of pyridine rings is 1. The SMILES string of the molecule is O=C(CN1CN(c2ccccc2)C2(CCN(C(=O)C(Cc3ccc(Cl)cc3)NC(=O)c3ccccn3)CC2)C1=O)NC1CCCCC1. The molecule has 0 bridgehead atoms. The smallest absolute Gasteiger partial charge is 0.270 e. The van der Waals surface area contributed by atoms with Crippen LogP contribution in [0.25, 0.3) is 0 Å². The van der Waals surface area contributed by atoms with Crippen molar-refractivity contribution in [3.8, 4) is 0 Å². The lowest BCUT2D eigenvalue weighted by Crippen LogP contribution is -2.60. The molecule has 4 amide bonds. The van der Waals surface area contributed by atoms with Crippen LogP contribution in [-0.2, 0) is 20.8 Å². The van der Waals surface area contributed by atoms with Crippen LogP contribution in [0.3, 0.4) is 0 Å². The van der Waals surface area contributed by atoms with Crippen LogP contribution in [0.5, 0.6) is 0 Å². The van der Waals surface area contributed by atoms with Crippen molar-refractivity contribution in [3.63, 3.8) is 0 Å². The van der Waals surface area contributed by atoms with Crippen molar-refractivity contribution in [1.82, 2.24) is 25.4 Å². The Balaban J connectivity index is 1.18. The Hall–Kier alpha value is -4.44. The highest BCUT2D eigenvalue weighted by Crippen LogP contribution is 2.39. The molecule has 3 aromatic rings. The predicted octanol–water partition coefficient (Wildman–Crippen LogP) is 4.19. The predicted molar refractivity (Wildman–Crippen MR) is 180 cm³/mol. The van der Waals surface area contributed by atoms with Gasteiger partial charge in [-0.15, -0.1) is 0 Å². The normalized spacial score (nSPS) is 18.7. The number of rotatable bonds is 9. The molecule has 1 unspecified atom stereocenters. The lowest BCUT2D eigenvalue weighted by Gasteiger charge is -2.44. The molecule has 2 aliphatic heterocycles. The quantitative estimate of drug-likeness (QED) is 0.357. The molecule has 1 saturated carbocycles. The number of halogens is 1. The van der Waals surface area contributed by atoms with Crippen LogP contribution in [0.4, 0.5) is 5.69 Å². The van der Waals surface area contributed by atoms with Gasteiger partial charge in [-0.05, 0) is 67.6 Å². The number of nitrogens with one attached hydrogen (secondary N) is 2. The van der Waals surface area contributed by atoms with E-state index in [2.05, 4.69) is 20.5 Å². The summed E-state index contributed by atoms with van der Waals surface area (Å²) in [6.45, 7) is 0.958. The maximum Gasteiger partial charge on any atom is 0.270 e. The molecular formula is C36H41ClN6O4. The van der Waals surface area contributed by atoms with Crippen LogP contribution in [0, 0.1) is 0 Å². The van der Waals surface area contributed by atoms with Gasteiger partial charge in [-0.1, -0.05) is 67.3 Å². The number of hydrogen-bond donors (Lipinski definition) is 2. The summed E-state index contributed by atoms with van der Waals surface area (Å²) in [4.78, 5) is 64.1. The molecule has 2 N–H and O–H groups in total. The number of anilines is 1. The molecule has 11 heteroatoms. The molecule has 1 atom stereocenters. The number of carbonyl (C=O) groups excluding carboxylic acids is 4. The molecule has 3 aliphatic rings. The maximum absolute atomic E-state index is 14.2. The van der Waals surface area contributed by atoms with Gasteiger partial charge in [0.2, 0.25) is 11.8 Å². The fraction of sp³-hybridized carbons (Fsp3) is 0.417. The van der Waals surface area contributed by atoms with Crippen LogP contribution in [-0.4, -0.2) is 82.3 Å². The Morgan fingerprint density at radius 3 is 2.30 bits per heavy atom. The first kappa shape index (κ1) is 32.5. The number of amides is 4. The van der Waals surface area contributed by atoms with Crippen molar-refractivity contribution in [2.24, 2.45) is 0 Å². The highest BCUT2D eigenvalue weighted by Gasteiger charge is 2.54. The Labute approximate surface area is 280 Å². The second-order valence-electron chi connectivity index (χ2n) is 12.7. The largest absolute Gasteiger partial charge is 0.352 e. The fourth-order valence-electron chi connectivity index (χ4n) is 7.12. The van der Waals surface area contributed by atoms with Crippen LogP contribution >= 0.6 is 11.6 Å². The standard InChI is InChI=1S/C36H41ClN6O4/c37-27-16-14-26(15-17-27)23-31(40-33(45)30-13-7-8-20-38-30)34(46)41-21-18-36(19-22-41)35(47)42(25-43(36)29-11-5-2-6-12-29)24-32(44)39-28-9-3-1-4-10-28/h2,5-8,11-17,20,28,31H,1,3-4,9-10,18-19,21-25H2,(H,39,44)(H,40,45). The van der Waals surface area contributed by atoms with Gasteiger partial charge in [-0.3, -0.25) is 24.2 Å². The van der Waals surface area contributed by atoms with Crippen LogP contribution in [0.1, 0.15) is 61.0 Å². The monoisotopic (exact) mass is 656 g/mol. The minimum atomic E-state index is -0.883. The van der Waals surface area contributed by atoms with Crippen molar-refractivity contribution in [3.05, 3.63) is 95.3 Å². The Bertz CT molecular complexity index is 1560. The highest BCUT2D eigenvalue weighted by atomic mass is 35.5. The summed E-state index contributed by atoms with van der Waals surface area (Å²) in [5.74, 6) is -0.876. The number of carbonyl (C=O) groups is 4. The highest BCUT2D eigenvalue weighted by molar-refractivity contribution is 6.30. The van der Waals surface area contributed by atoms with Crippen molar-refractivity contribution in [1.29, 1.82) is 0 Å². The van der Waals surface area contributed by atoms with Crippen molar-refractivity contribution in [2.45, 2.75) is 69.0 Å². The number of piperidine rings is 1. The third kappa shape index (κ3) is 7.43. The molecule has 1 aromatic heterocycles. The average molecular weight is 657 g/mol. The topological polar surface area (TPSA) is 115 Å². The number of benzene rings is 2. The van der Waals surface area contributed by atoms with E-state index in [9.17, 15) is 19.2 Å². The summed E-state index contributed by atoms with van der Waals surface area (Å²) >= 11 is 6.10. The molecule has 3 heterocycles. The van der Waals surface area contributed by atoms with E-state index in [0.29, 0.717) is 37.6 Å². The average Bonchev–Trinajstić information content (AvgIpc) is 3.36. The van der Waals surface area contributed by atoms with Gasteiger partial charge in [0.05, 0.1) is 6.67 Å². The third-order valence-corrected chi connectivity index (χ3v) is 9.90. The Morgan fingerprint density at radius 1 is 0.915 bits per heavy atom. The van der Waals surface area contributed by atoms with Gasteiger partial charge in [-0.25, -0.2) is 0 Å². The molecule has 2 aromatic carbocycles. The first-order chi connectivity index (χ1) is 22.8. The zero-order valence-electron chi connectivity index (χ0n) is 26.4. The molecular weight excluding hydrogens is 616 g/mol. The molecule has 2 saturated heterocycles. The first-order valence-corrected chi connectivity index (χ1v) is 16.9. The minimum Gasteiger partial charge on any atom is -0.352 e. The van der Waals surface area contributed by atoms with Crippen LogP contribution < -0.4 is 15.5 Å². The number of nitrogens with zero attached hydrogens (tertiary/aromatic N) is 4. The second kappa shape index (κ2) is 14.5. The summed E-state index contributed by atoms with van der Waals surface area (Å²) < 4.78 is 0. The van der Waals surface area contributed by atoms with Crippen LogP contribution in [0.2, 0.25) is 5.02 Å². The molecule has 47 heavy (non-hydrogen) atoms. The number of hydrogen-bond acceptors (Lipinski definition) is 6. The van der Waals surface area contributed by atoms with E-state index in [1.807, 2.05) is 42.5 Å². The fourth-order valence-corrected chi connectivity index (χ4v) is 7.24. The van der Waals surface area contributed by atoms with E-state index in [1.165, 1.54) is 12.6 Å². The molecule has 1 spiro atoms. The maximum atomic E-state index is 14.2. The minimum absolute atomic E-state index is 0.00574. The second-order valence-corrected chi connectivity index (χ2v) is 13.2. The van der Waals surface area contributed by atoms with Gasteiger partial charge >= 0.3 is 0 Å². The molecule has 1 aliphatic carbocycles. The van der Waals surface area contributed by atoms with E-state index >= 15 is 0 Å². The third-order valence-electron chi connectivity index (χ3n) is 9.64. The van der Waals surface area contributed by atoms with Gasteiger partial charge < -0.3 is 25.3 Å². The van der Waals surface area contributed by atoms with E-state index in [-0.39, 0.29) is 42.4 Å². The van der Waals surface area contributed by atoms with E-state index in [1.54, 1.807) is 40.1 Å². The summed E-state index contributed by atoms with van der Waals surface area (Å²) in [5.41, 5.74) is 1.10. The summed E-state index contributed by atoms with van der Waals surface area (Å²) in [7, 11) is 0. The Morgan fingerprint density at radius 2 is 1.62 bits per heavy atom. The van der Waals surface area contributed by atoms with Crippen molar-refractivity contribution < 1.29 is 19.2 Å². The molecule has 0 radical (unpaired) electrons. The lowest BCUT2D eigenvalue weighted by molar-refractivity contribution is -0.140. The Kier molecular flexibility index (Phi) is 10.1. The lowest BCUT2D eigenvalue weighted by atomic mass is 9.85. The molecule has 10 nitrogen and oxygen atoms in total. The number of likely N-dealkylation sites (tertiary alicyclic amines) is 1. The number of aromatic nitrogens is 1. The summed E-state index contributed by atoms with van der Waals surface area (Å²) in [6, 6.07) is 21.4. The van der Waals surface area contributed by atoms with Gasteiger partial charge in [0.25, 0.3) is 11.8 Å². The zero-order valence-corrected chi connectivity index (χ0v) is 27.2. The van der Waals surface area contributed by atoms with E-state index < -0.39 is 17.5 Å². The molecule has 6 rings (SSSR count). The molecule has 3 fully saturated rings. The van der Waals surface area contributed by atoms with Gasteiger partial charge in [0, 0.05) is 42.5 Å². The number of para-hydroxylation sites is 1. The summed E-state index contributed by atoms with van der Waals surface area (Å²) in [5, 5.41) is 6.63. The first-order valence-electron chi connectivity index (χ1n) is 16.5. The van der Waals surface area contributed by atoms with Crippen LogP contribution in [0.15, 0.2) is 79.0 Å². The molecule has 246 valence electrons. The van der Waals surface area contributed by atoms with Gasteiger partial charge in [-0.2, -0.15) is 0 Å². The zero-order chi connectivity index (χ0) is 32.8. The van der Waals surface area contributed by atoms with E-state index in [4.69, 9.17) is 11.6 Å². The van der Waals surface area contributed by atoms with E-state index in [0.717, 1.165) is 36.9 Å². The summed E-state index contributed by atoms with van der Waals surface area (Å²) in [6.07, 6.45) is 7.98. The van der Waals surface area contributed by atoms with Gasteiger partial charge in [0.1, 0.15) is 23.8 Å². The van der Waals surface area contributed by atoms with Crippen molar-refractivity contribution in [2.75, 3.05) is 31.2 Å². The van der Waals surface area contributed by atoms with Gasteiger partial charge in [0.15, 0.2) is 0 Å².